The molecule has 0 aliphatic carbocycles. The average Bonchev–Trinajstić information content (AvgIpc) is 2.59. The molecule has 122 valence electrons. The van der Waals surface area contributed by atoms with E-state index in [0.29, 0.717) is 5.82 Å². The van der Waals surface area contributed by atoms with Crippen LogP contribution in [-0.4, -0.2) is 40.8 Å². The van der Waals surface area contributed by atoms with Gasteiger partial charge >= 0.3 is 12.0 Å². The van der Waals surface area contributed by atoms with Crippen LogP contribution in [0.15, 0.2) is 29.2 Å². The molecule has 2 rings (SSSR count). The normalized spacial score (nSPS) is 10.2. The number of benzene rings is 1. The van der Waals surface area contributed by atoms with E-state index in [1.165, 1.54) is 38.1 Å². The van der Waals surface area contributed by atoms with Gasteiger partial charge in [0.2, 0.25) is 5.91 Å². The lowest BCUT2D eigenvalue weighted by atomic mass is 10.4. The largest absolute Gasteiger partial charge is 0.467 e. The Kier molecular flexibility index (Phi) is 6.10. The predicted octanol–water partition coefficient (Wildman–Crippen LogP) is 1.44. The van der Waals surface area contributed by atoms with Crippen molar-refractivity contribution in [2.24, 2.45) is 0 Å². The van der Waals surface area contributed by atoms with Gasteiger partial charge in [0, 0.05) is 4.90 Å². The number of methoxy groups -OCH3 is 2. The molecule has 1 aromatic carbocycles. The van der Waals surface area contributed by atoms with E-state index in [-0.39, 0.29) is 36.0 Å². The highest BCUT2D eigenvalue weighted by Gasteiger charge is 2.09. The van der Waals surface area contributed by atoms with Gasteiger partial charge in [-0.2, -0.15) is 9.97 Å². The number of ether oxygens (including phenoxy) is 2. The number of thioether (sulfide) groups is 1. The number of aromatic nitrogens is 3. The summed E-state index contributed by atoms with van der Waals surface area (Å²) < 4.78 is 22.6. The molecule has 1 N–H and O–H groups in total. The molecule has 0 saturated carbocycles. The molecule has 0 unspecified atom stereocenters. The molecule has 0 bridgehead atoms. The molecular formula is C14H15FN4O3S. The van der Waals surface area contributed by atoms with Crippen LogP contribution in [0.3, 0.4) is 0 Å². The first-order chi connectivity index (χ1) is 11.1. The SMILES string of the molecule is COc1nc(CNC(=O)CSc2ccc(F)cc2)nc(OC)n1. The summed E-state index contributed by atoms with van der Waals surface area (Å²) in [5.41, 5.74) is 0. The second kappa shape index (κ2) is 8.28. The highest BCUT2D eigenvalue weighted by atomic mass is 32.2. The molecule has 0 spiro atoms. The van der Waals surface area contributed by atoms with E-state index in [0.717, 1.165) is 4.90 Å². The molecule has 9 heteroatoms. The fourth-order valence-corrected chi connectivity index (χ4v) is 2.28. The molecule has 0 atom stereocenters. The highest BCUT2D eigenvalue weighted by molar-refractivity contribution is 8.00. The second-order valence-corrected chi connectivity index (χ2v) is 5.29. The van der Waals surface area contributed by atoms with Crippen molar-refractivity contribution in [1.82, 2.24) is 20.3 Å². The topological polar surface area (TPSA) is 86.2 Å². The molecule has 1 aromatic heterocycles. The third-order valence-electron chi connectivity index (χ3n) is 2.63. The summed E-state index contributed by atoms with van der Waals surface area (Å²) >= 11 is 1.31. The minimum Gasteiger partial charge on any atom is -0.467 e. The molecule has 0 aliphatic rings. The van der Waals surface area contributed by atoms with E-state index in [2.05, 4.69) is 20.3 Å². The number of hydrogen-bond acceptors (Lipinski definition) is 7. The Morgan fingerprint density at radius 3 is 2.30 bits per heavy atom. The van der Waals surface area contributed by atoms with Crippen LogP contribution in [0.1, 0.15) is 5.82 Å². The van der Waals surface area contributed by atoms with Gasteiger partial charge in [-0.05, 0) is 24.3 Å². The zero-order valence-electron chi connectivity index (χ0n) is 12.6. The fraction of sp³-hybridized carbons (Fsp3) is 0.286. The van der Waals surface area contributed by atoms with Gasteiger partial charge in [0.1, 0.15) is 5.82 Å². The Bertz CT molecular complexity index is 647. The maximum absolute atomic E-state index is 12.8. The van der Waals surface area contributed by atoms with Crippen molar-refractivity contribution >= 4 is 17.7 Å². The van der Waals surface area contributed by atoms with Crippen LogP contribution < -0.4 is 14.8 Å². The molecule has 0 aliphatic heterocycles. The third-order valence-corrected chi connectivity index (χ3v) is 3.65. The molecule has 0 radical (unpaired) electrons. The van der Waals surface area contributed by atoms with Crippen molar-refractivity contribution in [1.29, 1.82) is 0 Å². The molecule has 0 saturated heterocycles. The lowest BCUT2D eigenvalue weighted by Crippen LogP contribution is -2.25. The summed E-state index contributed by atoms with van der Waals surface area (Å²) in [5, 5.41) is 2.69. The Morgan fingerprint density at radius 2 is 1.74 bits per heavy atom. The van der Waals surface area contributed by atoms with Crippen LogP contribution in [0.25, 0.3) is 0 Å². The van der Waals surface area contributed by atoms with E-state index in [9.17, 15) is 9.18 Å². The van der Waals surface area contributed by atoms with Crippen molar-refractivity contribution in [3.05, 3.63) is 35.9 Å². The monoisotopic (exact) mass is 338 g/mol. The Labute approximate surface area is 136 Å². The van der Waals surface area contributed by atoms with E-state index in [1.54, 1.807) is 12.1 Å². The van der Waals surface area contributed by atoms with Crippen molar-refractivity contribution < 1.29 is 18.7 Å². The summed E-state index contributed by atoms with van der Waals surface area (Å²) in [6.45, 7) is 0.123. The van der Waals surface area contributed by atoms with Gasteiger partial charge in [-0.15, -0.1) is 16.7 Å². The Hall–Kier alpha value is -2.42. The predicted molar refractivity (Wildman–Crippen MR) is 81.9 cm³/mol. The molecule has 0 fully saturated rings. The van der Waals surface area contributed by atoms with Gasteiger partial charge in [-0.3, -0.25) is 4.79 Å². The standard InChI is InChI=1S/C14H15FN4O3S/c1-21-13-17-11(18-14(19-13)22-2)7-16-12(20)8-23-10-5-3-9(15)4-6-10/h3-6H,7-8H2,1-2H3,(H,16,20). The van der Waals surface area contributed by atoms with Gasteiger partial charge < -0.3 is 14.8 Å². The first-order valence-corrected chi connectivity index (χ1v) is 7.57. The van der Waals surface area contributed by atoms with Gasteiger partial charge in [0.05, 0.1) is 26.5 Å². The van der Waals surface area contributed by atoms with Crippen LogP contribution >= 0.6 is 11.8 Å². The first kappa shape index (κ1) is 16.9. The van der Waals surface area contributed by atoms with Gasteiger partial charge in [0.15, 0.2) is 5.82 Å². The number of carbonyl (C=O) groups is 1. The lowest BCUT2D eigenvalue weighted by molar-refractivity contribution is -0.118. The molecule has 2 aromatic rings. The highest BCUT2D eigenvalue weighted by Crippen LogP contribution is 2.17. The quantitative estimate of drug-likeness (QED) is 0.764. The summed E-state index contributed by atoms with van der Waals surface area (Å²) in [6.07, 6.45) is 0. The van der Waals surface area contributed by atoms with Crippen LogP contribution in [0.4, 0.5) is 4.39 Å². The summed E-state index contributed by atoms with van der Waals surface area (Å²) in [4.78, 5) is 24.5. The molecular weight excluding hydrogens is 323 g/mol. The van der Waals surface area contributed by atoms with Crippen LogP contribution in [0.2, 0.25) is 0 Å². The smallest absolute Gasteiger partial charge is 0.322 e. The maximum Gasteiger partial charge on any atom is 0.322 e. The molecule has 7 nitrogen and oxygen atoms in total. The number of nitrogens with one attached hydrogen (secondary N) is 1. The van der Waals surface area contributed by atoms with Crippen molar-refractivity contribution in [2.45, 2.75) is 11.4 Å². The van der Waals surface area contributed by atoms with Crippen molar-refractivity contribution in [2.75, 3.05) is 20.0 Å². The Balaban J connectivity index is 1.85. The number of hydrogen-bond donors (Lipinski definition) is 1. The minimum absolute atomic E-state index is 0.113. The lowest BCUT2D eigenvalue weighted by Gasteiger charge is -2.07. The number of nitrogens with zero attached hydrogens (tertiary/aromatic N) is 3. The average molecular weight is 338 g/mol. The number of amides is 1. The van der Waals surface area contributed by atoms with Crippen LogP contribution in [-0.2, 0) is 11.3 Å². The summed E-state index contributed by atoms with van der Waals surface area (Å²) in [7, 11) is 2.85. The molecule has 1 amide bonds. The van der Waals surface area contributed by atoms with E-state index in [1.807, 2.05) is 0 Å². The zero-order chi connectivity index (χ0) is 16.7. The van der Waals surface area contributed by atoms with Gasteiger partial charge in [-0.1, -0.05) is 0 Å². The first-order valence-electron chi connectivity index (χ1n) is 6.58. The summed E-state index contributed by atoms with van der Waals surface area (Å²) in [5.74, 6) is 0.0216. The Morgan fingerprint density at radius 1 is 1.13 bits per heavy atom. The van der Waals surface area contributed by atoms with Gasteiger partial charge in [-0.25, -0.2) is 4.39 Å². The van der Waals surface area contributed by atoms with E-state index >= 15 is 0 Å². The fourth-order valence-electron chi connectivity index (χ4n) is 1.55. The van der Waals surface area contributed by atoms with E-state index in [4.69, 9.17) is 9.47 Å². The number of rotatable bonds is 7. The van der Waals surface area contributed by atoms with Crippen LogP contribution in [0.5, 0.6) is 12.0 Å². The van der Waals surface area contributed by atoms with Crippen LogP contribution in [0, 0.1) is 5.82 Å². The second-order valence-electron chi connectivity index (χ2n) is 4.24. The van der Waals surface area contributed by atoms with Gasteiger partial charge in [0.25, 0.3) is 0 Å². The van der Waals surface area contributed by atoms with Crippen molar-refractivity contribution in [3.63, 3.8) is 0 Å². The third kappa shape index (κ3) is 5.37. The molecule has 23 heavy (non-hydrogen) atoms. The van der Waals surface area contributed by atoms with Crippen molar-refractivity contribution in [3.8, 4) is 12.0 Å². The summed E-state index contributed by atoms with van der Waals surface area (Å²) in [6, 6.07) is 6.17. The molecule has 1 heterocycles. The maximum atomic E-state index is 12.8. The number of carbonyl (C=O) groups excluding carboxylic acids is 1. The van der Waals surface area contributed by atoms with E-state index < -0.39 is 0 Å². The number of halogens is 1. The minimum atomic E-state index is -0.309. The zero-order valence-corrected chi connectivity index (χ0v) is 13.4.